The number of nitrogens with one attached hydrogen (secondary N) is 1. The van der Waals surface area contributed by atoms with Gasteiger partial charge in [0, 0.05) is 6.54 Å². The molecule has 0 amide bonds. The summed E-state index contributed by atoms with van der Waals surface area (Å²) in [6, 6.07) is 7.49. The Morgan fingerprint density at radius 3 is 3.00 bits per heavy atom. The Hall–Kier alpha value is -2.48. The number of nitrogens with zero attached hydrogens (tertiary/aromatic N) is 3. The number of benzene rings is 1. The first-order valence-electron chi connectivity index (χ1n) is 6.80. The van der Waals surface area contributed by atoms with Crippen LogP contribution >= 0.6 is 11.5 Å². The predicted molar refractivity (Wildman–Crippen MR) is 82.1 cm³/mol. The summed E-state index contributed by atoms with van der Waals surface area (Å²) < 4.78 is 10.5. The second-order valence-electron chi connectivity index (χ2n) is 4.78. The van der Waals surface area contributed by atoms with E-state index in [0.717, 1.165) is 22.6 Å². The Morgan fingerprint density at radius 2 is 2.23 bits per heavy atom. The van der Waals surface area contributed by atoms with Gasteiger partial charge < -0.3 is 9.72 Å². The maximum absolute atomic E-state index is 11.9. The van der Waals surface area contributed by atoms with E-state index in [1.165, 1.54) is 0 Å². The number of ether oxygens (including phenoxy) is 1. The highest BCUT2D eigenvalue weighted by Crippen LogP contribution is 2.12. The molecular formula is C14H14N4O3S. The number of hydrogen-bond donors (Lipinski definition) is 1. The Balaban J connectivity index is 1.59. The number of carbonyl (C=O) groups is 1. The van der Waals surface area contributed by atoms with Gasteiger partial charge in [-0.1, -0.05) is 16.6 Å². The minimum atomic E-state index is -0.418. The topological polar surface area (TPSA) is 89.9 Å². The standard InChI is InChI=1S/C14H14N4O3S/c1-9-12(22-17-16-9)13(19)21-8-4-7-18-11-6-3-2-5-10(11)15-14(18)20/h2-3,5-6H,4,7-8H2,1H3,(H,15,20). The number of fused-ring (bicyclic) bond motifs is 1. The van der Waals surface area contributed by atoms with Crippen LogP contribution in [0.15, 0.2) is 29.1 Å². The lowest BCUT2D eigenvalue weighted by Gasteiger charge is -2.05. The van der Waals surface area contributed by atoms with E-state index in [0.29, 0.717) is 23.5 Å². The smallest absolute Gasteiger partial charge is 0.351 e. The van der Waals surface area contributed by atoms with Crippen LogP contribution in [-0.2, 0) is 11.3 Å². The van der Waals surface area contributed by atoms with Gasteiger partial charge in [-0.15, -0.1) is 5.10 Å². The molecule has 0 atom stereocenters. The number of para-hydroxylation sites is 2. The van der Waals surface area contributed by atoms with E-state index in [-0.39, 0.29) is 12.3 Å². The number of aromatic amines is 1. The quantitative estimate of drug-likeness (QED) is 0.571. The molecule has 0 saturated heterocycles. The maximum Gasteiger partial charge on any atom is 0.351 e. The molecule has 0 aliphatic heterocycles. The van der Waals surface area contributed by atoms with Crippen molar-refractivity contribution in [2.24, 2.45) is 0 Å². The van der Waals surface area contributed by atoms with Gasteiger partial charge in [0.15, 0.2) is 4.88 Å². The molecule has 2 heterocycles. The number of aryl methyl sites for hydroxylation is 2. The molecule has 0 saturated carbocycles. The Morgan fingerprint density at radius 1 is 1.41 bits per heavy atom. The van der Waals surface area contributed by atoms with Crippen molar-refractivity contribution in [2.75, 3.05) is 6.61 Å². The fourth-order valence-corrected chi connectivity index (χ4v) is 2.75. The number of carbonyl (C=O) groups excluding carboxylic acids is 1. The summed E-state index contributed by atoms with van der Waals surface area (Å²) in [6.45, 7) is 2.43. The number of H-pyrrole nitrogens is 1. The molecule has 0 radical (unpaired) electrons. The van der Waals surface area contributed by atoms with Crippen molar-refractivity contribution < 1.29 is 9.53 Å². The molecule has 22 heavy (non-hydrogen) atoms. The van der Waals surface area contributed by atoms with Crippen molar-refractivity contribution >= 4 is 28.5 Å². The fraction of sp³-hybridized carbons (Fsp3) is 0.286. The Labute approximate surface area is 129 Å². The predicted octanol–water partition coefficient (Wildman–Crippen LogP) is 1.74. The van der Waals surface area contributed by atoms with Crippen LogP contribution in [0.5, 0.6) is 0 Å². The van der Waals surface area contributed by atoms with Crippen molar-refractivity contribution in [3.63, 3.8) is 0 Å². The molecular weight excluding hydrogens is 304 g/mol. The van der Waals surface area contributed by atoms with E-state index in [1.54, 1.807) is 11.5 Å². The fourth-order valence-electron chi connectivity index (χ4n) is 2.20. The molecule has 3 rings (SSSR count). The van der Waals surface area contributed by atoms with Gasteiger partial charge in [0.1, 0.15) is 0 Å². The van der Waals surface area contributed by atoms with Gasteiger partial charge in [-0.2, -0.15) is 0 Å². The van der Waals surface area contributed by atoms with Gasteiger partial charge in [0.2, 0.25) is 0 Å². The van der Waals surface area contributed by atoms with Gasteiger partial charge in [-0.05, 0) is 37.0 Å². The van der Waals surface area contributed by atoms with Crippen LogP contribution in [0.3, 0.4) is 0 Å². The minimum Gasteiger partial charge on any atom is -0.461 e. The summed E-state index contributed by atoms with van der Waals surface area (Å²) in [5, 5.41) is 3.77. The van der Waals surface area contributed by atoms with Gasteiger partial charge in [0.05, 0.1) is 23.3 Å². The summed E-state index contributed by atoms with van der Waals surface area (Å²) in [5.41, 5.74) is 2.06. The zero-order valence-electron chi connectivity index (χ0n) is 11.9. The average molecular weight is 318 g/mol. The van der Waals surface area contributed by atoms with Crippen LogP contribution in [0.1, 0.15) is 21.8 Å². The SMILES string of the molecule is Cc1nnsc1C(=O)OCCCn1c(=O)[nH]c2ccccc21. The molecule has 0 fully saturated rings. The zero-order valence-corrected chi connectivity index (χ0v) is 12.7. The van der Waals surface area contributed by atoms with E-state index < -0.39 is 5.97 Å². The number of imidazole rings is 1. The second-order valence-corrected chi connectivity index (χ2v) is 5.53. The zero-order chi connectivity index (χ0) is 15.5. The third-order valence-electron chi connectivity index (χ3n) is 3.28. The first kappa shape index (κ1) is 14.5. The van der Waals surface area contributed by atoms with Crippen LogP contribution < -0.4 is 5.69 Å². The van der Waals surface area contributed by atoms with Gasteiger partial charge in [0.25, 0.3) is 0 Å². The lowest BCUT2D eigenvalue weighted by atomic mass is 10.3. The first-order valence-corrected chi connectivity index (χ1v) is 7.58. The molecule has 0 spiro atoms. The Kier molecular flexibility index (Phi) is 4.01. The average Bonchev–Trinajstić information content (AvgIpc) is 3.07. The van der Waals surface area contributed by atoms with Crippen LogP contribution in [0.25, 0.3) is 11.0 Å². The number of hydrogen-bond acceptors (Lipinski definition) is 6. The molecule has 0 aliphatic rings. The van der Waals surface area contributed by atoms with Crippen molar-refractivity contribution in [2.45, 2.75) is 19.9 Å². The normalized spacial score (nSPS) is 11.0. The summed E-state index contributed by atoms with van der Waals surface area (Å²) in [4.78, 5) is 26.9. The van der Waals surface area contributed by atoms with E-state index in [9.17, 15) is 9.59 Å². The summed E-state index contributed by atoms with van der Waals surface area (Å²) in [5.74, 6) is -0.418. The van der Waals surface area contributed by atoms with E-state index in [1.807, 2.05) is 24.3 Å². The first-order chi connectivity index (χ1) is 10.7. The summed E-state index contributed by atoms with van der Waals surface area (Å²) in [7, 11) is 0. The molecule has 3 aromatic rings. The van der Waals surface area contributed by atoms with Crippen molar-refractivity contribution in [1.82, 2.24) is 19.1 Å². The molecule has 114 valence electrons. The molecule has 8 heteroatoms. The molecule has 0 bridgehead atoms. The van der Waals surface area contributed by atoms with Crippen LogP contribution in [0.2, 0.25) is 0 Å². The highest BCUT2D eigenvalue weighted by atomic mass is 32.1. The van der Waals surface area contributed by atoms with Gasteiger partial charge >= 0.3 is 11.7 Å². The minimum absolute atomic E-state index is 0.157. The maximum atomic E-state index is 11.9. The lowest BCUT2D eigenvalue weighted by molar-refractivity contribution is 0.0501. The molecule has 2 aromatic heterocycles. The third kappa shape index (κ3) is 2.77. The highest BCUT2D eigenvalue weighted by molar-refractivity contribution is 7.07. The molecule has 0 unspecified atom stereocenters. The third-order valence-corrected chi connectivity index (χ3v) is 4.09. The van der Waals surface area contributed by atoms with E-state index >= 15 is 0 Å². The van der Waals surface area contributed by atoms with Crippen molar-refractivity contribution in [1.29, 1.82) is 0 Å². The Bertz CT molecular complexity index is 864. The van der Waals surface area contributed by atoms with Gasteiger partial charge in [-0.25, -0.2) is 9.59 Å². The molecule has 7 nitrogen and oxygen atoms in total. The monoisotopic (exact) mass is 318 g/mol. The van der Waals surface area contributed by atoms with Crippen molar-refractivity contribution in [3.05, 3.63) is 45.3 Å². The number of rotatable bonds is 5. The summed E-state index contributed by atoms with van der Waals surface area (Å²) in [6.07, 6.45) is 0.554. The second kappa shape index (κ2) is 6.10. The molecule has 1 aromatic carbocycles. The van der Waals surface area contributed by atoms with Crippen LogP contribution in [0.4, 0.5) is 0 Å². The van der Waals surface area contributed by atoms with Gasteiger partial charge in [-0.3, -0.25) is 4.57 Å². The highest BCUT2D eigenvalue weighted by Gasteiger charge is 2.14. The van der Waals surface area contributed by atoms with Crippen LogP contribution in [0, 0.1) is 6.92 Å². The van der Waals surface area contributed by atoms with Crippen molar-refractivity contribution in [3.8, 4) is 0 Å². The molecule has 1 N–H and O–H groups in total. The lowest BCUT2D eigenvalue weighted by Crippen LogP contribution is -2.18. The van der Waals surface area contributed by atoms with E-state index in [2.05, 4.69) is 14.6 Å². The number of esters is 1. The number of aromatic nitrogens is 4. The molecule has 0 aliphatic carbocycles. The summed E-state index contributed by atoms with van der Waals surface area (Å²) >= 11 is 1.02. The largest absolute Gasteiger partial charge is 0.461 e. The van der Waals surface area contributed by atoms with E-state index in [4.69, 9.17) is 4.74 Å². The van der Waals surface area contributed by atoms with Crippen LogP contribution in [-0.4, -0.2) is 31.7 Å².